The van der Waals surface area contributed by atoms with E-state index >= 15 is 0 Å². The summed E-state index contributed by atoms with van der Waals surface area (Å²) in [5, 5.41) is 11.8. The van der Waals surface area contributed by atoms with Gasteiger partial charge in [0.1, 0.15) is 0 Å². The highest BCUT2D eigenvalue weighted by Gasteiger charge is 2.27. The molecule has 0 radical (unpaired) electrons. The molecule has 0 aromatic rings. The average Bonchev–Trinajstić information content (AvgIpc) is 2.30. The third-order valence-electron chi connectivity index (χ3n) is 3.15. The third kappa shape index (κ3) is 4.09. The minimum absolute atomic E-state index is 0.102. The number of carbonyl (C=O) groups is 2. The van der Waals surface area contributed by atoms with E-state index in [4.69, 9.17) is 5.11 Å². The Morgan fingerprint density at radius 2 is 2.00 bits per heavy atom. The second-order valence-electron chi connectivity index (χ2n) is 4.51. The quantitative estimate of drug-likeness (QED) is 0.731. The molecule has 0 spiro atoms. The zero-order chi connectivity index (χ0) is 12.8. The predicted molar refractivity (Wildman–Crippen MR) is 64.7 cm³/mol. The molecule has 1 rings (SSSR count). The summed E-state index contributed by atoms with van der Waals surface area (Å²) in [5.74, 6) is -0.965. The molecular weight excluding hydrogens is 220 g/mol. The molecule has 1 aliphatic carbocycles. The minimum Gasteiger partial charge on any atom is -0.481 e. The van der Waals surface area contributed by atoms with Crippen molar-refractivity contribution < 1.29 is 14.7 Å². The lowest BCUT2D eigenvalue weighted by atomic mass is 9.86. The van der Waals surface area contributed by atoms with Gasteiger partial charge in [-0.3, -0.25) is 4.79 Å². The highest BCUT2D eigenvalue weighted by Crippen LogP contribution is 2.24. The summed E-state index contributed by atoms with van der Waals surface area (Å²) in [5.41, 5.74) is 0. The second-order valence-corrected chi connectivity index (χ2v) is 4.51. The summed E-state index contributed by atoms with van der Waals surface area (Å²) in [4.78, 5) is 24.0. The van der Waals surface area contributed by atoms with Gasteiger partial charge >= 0.3 is 12.0 Å². The van der Waals surface area contributed by atoms with Crippen LogP contribution in [-0.2, 0) is 4.79 Å². The molecule has 0 aromatic heterocycles. The van der Waals surface area contributed by atoms with Crippen molar-refractivity contribution in [2.45, 2.75) is 31.7 Å². The minimum atomic E-state index is -0.724. The van der Waals surface area contributed by atoms with Crippen LogP contribution in [0.1, 0.15) is 25.7 Å². The molecule has 17 heavy (non-hydrogen) atoms. The Hall–Kier alpha value is -1.52. The van der Waals surface area contributed by atoms with Crippen LogP contribution in [0.5, 0.6) is 0 Å². The number of carboxylic acids is 1. The molecule has 0 atom stereocenters. The number of urea groups is 1. The van der Waals surface area contributed by atoms with Gasteiger partial charge in [0.15, 0.2) is 0 Å². The van der Waals surface area contributed by atoms with Crippen LogP contribution in [-0.4, -0.2) is 41.6 Å². The Morgan fingerprint density at radius 1 is 1.41 bits per heavy atom. The van der Waals surface area contributed by atoms with Gasteiger partial charge in [0.25, 0.3) is 0 Å². The van der Waals surface area contributed by atoms with Gasteiger partial charge < -0.3 is 15.3 Å². The lowest BCUT2D eigenvalue weighted by Gasteiger charge is -2.28. The molecule has 1 saturated carbocycles. The molecule has 0 heterocycles. The summed E-state index contributed by atoms with van der Waals surface area (Å²) in [7, 11) is 1.71. The average molecular weight is 240 g/mol. The molecule has 0 aromatic carbocycles. The van der Waals surface area contributed by atoms with Crippen molar-refractivity contribution in [3.63, 3.8) is 0 Å². The van der Waals surface area contributed by atoms with E-state index in [1.165, 1.54) is 0 Å². The zero-order valence-electron chi connectivity index (χ0n) is 10.2. The van der Waals surface area contributed by atoms with E-state index in [2.05, 4.69) is 11.9 Å². The number of hydrogen-bond acceptors (Lipinski definition) is 2. The van der Waals surface area contributed by atoms with Gasteiger partial charge in [-0.05, 0) is 25.7 Å². The monoisotopic (exact) mass is 240 g/mol. The zero-order valence-corrected chi connectivity index (χ0v) is 10.2. The molecule has 5 heteroatoms. The first-order chi connectivity index (χ1) is 8.04. The molecule has 0 unspecified atom stereocenters. The van der Waals surface area contributed by atoms with Gasteiger partial charge in [-0.15, -0.1) is 6.58 Å². The first kappa shape index (κ1) is 13.5. The second kappa shape index (κ2) is 6.27. The fourth-order valence-corrected chi connectivity index (χ4v) is 2.05. The van der Waals surface area contributed by atoms with Crippen molar-refractivity contribution in [2.24, 2.45) is 5.92 Å². The van der Waals surface area contributed by atoms with E-state index in [-0.39, 0.29) is 18.0 Å². The fourth-order valence-electron chi connectivity index (χ4n) is 2.05. The number of hydrogen-bond donors (Lipinski definition) is 2. The Bertz CT molecular complexity index is 296. The van der Waals surface area contributed by atoms with Crippen LogP contribution in [0.2, 0.25) is 0 Å². The number of nitrogens with zero attached hydrogens (tertiary/aromatic N) is 1. The summed E-state index contributed by atoms with van der Waals surface area (Å²) < 4.78 is 0. The van der Waals surface area contributed by atoms with Gasteiger partial charge in [0, 0.05) is 19.6 Å². The highest BCUT2D eigenvalue weighted by molar-refractivity contribution is 5.74. The van der Waals surface area contributed by atoms with Gasteiger partial charge in [0.2, 0.25) is 0 Å². The maximum absolute atomic E-state index is 11.7. The van der Waals surface area contributed by atoms with Crippen molar-refractivity contribution in [1.82, 2.24) is 10.2 Å². The molecule has 0 saturated heterocycles. The van der Waals surface area contributed by atoms with E-state index in [1.54, 1.807) is 18.0 Å². The van der Waals surface area contributed by atoms with Gasteiger partial charge in [-0.2, -0.15) is 0 Å². The number of amides is 2. The van der Waals surface area contributed by atoms with Crippen molar-refractivity contribution in [2.75, 3.05) is 13.6 Å². The highest BCUT2D eigenvalue weighted by atomic mass is 16.4. The Kier molecular flexibility index (Phi) is 5.00. The van der Waals surface area contributed by atoms with Gasteiger partial charge in [-0.25, -0.2) is 4.79 Å². The number of nitrogens with one attached hydrogen (secondary N) is 1. The maximum atomic E-state index is 11.7. The topological polar surface area (TPSA) is 69.6 Å². The number of aliphatic carboxylic acids is 1. The van der Waals surface area contributed by atoms with Crippen LogP contribution in [0.4, 0.5) is 4.79 Å². The lowest BCUT2D eigenvalue weighted by Crippen LogP contribution is -2.44. The standard InChI is InChI=1S/C12H20N2O3/c1-3-8-14(2)12(17)13-10-6-4-9(5-7-10)11(15)16/h3,9-10H,1,4-8H2,2H3,(H,13,17)(H,15,16). The summed E-state index contributed by atoms with van der Waals surface area (Å²) in [6, 6.07) is -0.0194. The molecule has 0 bridgehead atoms. The Morgan fingerprint density at radius 3 is 2.47 bits per heavy atom. The number of likely N-dealkylation sites (N-methyl/N-ethyl adjacent to an activating group) is 1. The van der Waals surface area contributed by atoms with Crippen LogP contribution >= 0.6 is 0 Å². The predicted octanol–water partition coefficient (Wildman–Crippen LogP) is 1.46. The summed E-state index contributed by atoms with van der Waals surface area (Å²) >= 11 is 0. The summed E-state index contributed by atoms with van der Waals surface area (Å²) in [6.45, 7) is 4.08. The Labute approximate surface area is 101 Å². The smallest absolute Gasteiger partial charge is 0.317 e. The van der Waals surface area contributed by atoms with Crippen LogP contribution < -0.4 is 5.32 Å². The number of carbonyl (C=O) groups excluding carboxylic acids is 1. The SMILES string of the molecule is C=CCN(C)C(=O)NC1CCC(C(=O)O)CC1. The largest absolute Gasteiger partial charge is 0.481 e. The van der Waals surface area contributed by atoms with Crippen molar-refractivity contribution in [1.29, 1.82) is 0 Å². The van der Waals surface area contributed by atoms with E-state index in [0.717, 1.165) is 12.8 Å². The van der Waals surface area contributed by atoms with Crippen LogP contribution in [0.25, 0.3) is 0 Å². The summed E-state index contributed by atoms with van der Waals surface area (Å²) in [6.07, 6.45) is 4.44. The van der Waals surface area contributed by atoms with Crippen molar-refractivity contribution in [3.8, 4) is 0 Å². The van der Waals surface area contributed by atoms with Crippen molar-refractivity contribution in [3.05, 3.63) is 12.7 Å². The van der Waals surface area contributed by atoms with E-state index in [9.17, 15) is 9.59 Å². The van der Waals surface area contributed by atoms with E-state index in [1.807, 2.05) is 0 Å². The maximum Gasteiger partial charge on any atom is 0.317 e. The normalized spacial score (nSPS) is 23.8. The Balaban J connectivity index is 2.32. The van der Waals surface area contributed by atoms with Crippen LogP contribution in [0.3, 0.4) is 0 Å². The molecule has 96 valence electrons. The van der Waals surface area contributed by atoms with Gasteiger partial charge in [-0.1, -0.05) is 6.08 Å². The first-order valence-electron chi connectivity index (χ1n) is 5.90. The lowest BCUT2D eigenvalue weighted by molar-refractivity contribution is -0.142. The van der Waals surface area contributed by atoms with Gasteiger partial charge in [0.05, 0.1) is 5.92 Å². The molecule has 0 aliphatic heterocycles. The molecule has 1 fully saturated rings. The third-order valence-corrected chi connectivity index (χ3v) is 3.15. The van der Waals surface area contributed by atoms with Crippen LogP contribution in [0, 0.1) is 5.92 Å². The fraction of sp³-hybridized carbons (Fsp3) is 0.667. The first-order valence-corrected chi connectivity index (χ1v) is 5.90. The van der Waals surface area contributed by atoms with E-state index in [0.29, 0.717) is 19.4 Å². The molecule has 5 nitrogen and oxygen atoms in total. The number of rotatable bonds is 4. The molecular formula is C12H20N2O3. The molecule has 2 N–H and O–H groups in total. The van der Waals surface area contributed by atoms with Crippen LogP contribution in [0.15, 0.2) is 12.7 Å². The van der Waals surface area contributed by atoms with Crippen molar-refractivity contribution >= 4 is 12.0 Å². The molecule has 1 aliphatic rings. The van der Waals surface area contributed by atoms with E-state index < -0.39 is 5.97 Å². The molecule has 2 amide bonds. The number of carboxylic acid groups (broad SMARTS) is 1.